The largest absolute Gasteiger partial charge is 0.371 e. The average Bonchev–Trinajstić information content (AvgIpc) is 2.78. The highest BCUT2D eigenvalue weighted by molar-refractivity contribution is 5.47. The lowest BCUT2D eigenvalue weighted by Gasteiger charge is -2.34. The first-order valence-electron chi connectivity index (χ1n) is 7.77. The number of morpholine rings is 1. The number of hydrogen-bond acceptors (Lipinski definition) is 4. The van der Waals surface area contributed by atoms with Gasteiger partial charge in [-0.25, -0.2) is 4.98 Å². The number of pyridine rings is 1. The van der Waals surface area contributed by atoms with Gasteiger partial charge in [0, 0.05) is 31.4 Å². The quantitative estimate of drug-likeness (QED) is 0.894. The molecule has 1 N–H and O–H groups in total. The summed E-state index contributed by atoms with van der Waals surface area (Å²) in [5, 5.41) is 3.52. The Bertz CT molecular complexity index is 437. The number of aromatic nitrogens is 1. The van der Waals surface area contributed by atoms with Crippen LogP contribution in [0.5, 0.6) is 0 Å². The zero-order valence-electron chi connectivity index (χ0n) is 12.5. The Morgan fingerprint density at radius 1 is 1.35 bits per heavy atom. The molecule has 2 aliphatic heterocycles. The molecule has 1 aromatic rings. The van der Waals surface area contributed by atoms with Gasteiger partial charge in [0.2, 0.25) is 0 Å². The van der Waals surface area contributed by atoms with Crippen molar-refractivity contribution in [2.24, 2.45) is 5.92 Å². The molecule has 2 bridgehead atoms. The van der Waals surface area contributed by atoms with Gasteiger partial charge < -0.3 is 15.0 Å². The molecule has 2 aliphatic rings. The minimum absolute atomic E-state index is 0.409. The maximum atomic E-state index is 5.92. The second kappa shape index (κ2) is 6.10. The van der Waals surface area contributed by atoms with Crippen LogP contribution in [0.4, 0.5) is 5.82 Å². The molecule has 0 aromatic carbocycles. The van der Waals surface area contributed by atoms with Crippen LogP contribution in [0.15, 0.2) is 18.3 Å². The van der Waals surface area contributed by atoms with E-state index in [0.717, 1.165) is 32.0 Å². The summed E-state index contributed by atoms with van der Waals surface area (Å²) >= 11 is 0. The maximum absolute atomic E-state index is 5.92. The van der Waals surface area contributed by atoms with E-state index in [2.05, 4.69) is 35.1 Å². The molecule has 3 rings (SSSR count). The van der Waals surface area contributed by atoms with Gasteiger partial charge in [0.15, 0.2) is 0 Å². The number of rotatable bonds is 5. The lowest BCUT2D eigenvalue weighted by molar-refractivity contribution is 0.0301. The van der Waals surface area contributed by atoms with Gasteiger partial charge in [0.1, 0.15) is 5.82 Å². The van der Waals surface area contributed by atoms with E-state index in [0.29, 0.717) is 18.1 Å². The van der Waals surface area contributed by atoms with Gasteiger partial charge in [-0.15, -0.1) is 0 Å². The van der Waals surface area contributed by atoms with E-state index >= 15 is 0 Å². The van der Waals surface area contributed by atoms with Crippen molar-refractivity contribution < 1.29 is 4.74 Å². The molecule has 4 heteroatoms. The third-order valence-electron chi connectivity index (χ3n) is 4.08. The van der Waals surface area contributed by atoms with Crippen LogP contribution in [0.2, 0.25) is 0 Å². The fraction of sp³-hybridized carbons (Fsp3) is 0.688. The van der Waals surface area contributed by atoms with E-state index in [-0.39, 0.29) is 0 Å². The Labute approximate surface area is 121 Å². The summed E-state index contributed by atoms with van der Waals surface area (Å²) in [6, 6.07) is 4.22. The van der Waals surface area contributed by atoms with Crippen LogP contribution in [-0.2, 0) is 11.3 Å². The summed E-state index contributed by atoms with van der Waals surface area (Å²) in [4.78, 5) is 7.04. The molecule has 2 fully saturated rings. The van der Waals surface area contributed by atoms with Crippen LogP contribution in [0.1, 0.15) is 32.3 Å². The highest BCUT2D eigenvalue weighted by Crippen LogP contribution is 2.30. The van der Waals surface area contributed by atoms with Crippen molar-refractivity contribution in [3.63, 3.8) is 0 Å². The Kier molecular flexibility index (Phi) is 4.22. The second-order valence-corrected chi connectivity index (χ2v) is 6.37. The maximum Gasteiger partial charge on any atom is 0.133 e. The summed E-state index contributed by atoms with van der Waals surface area (Å²) in [6.07, 6.45) is 5.13. The first-order chi connectivity index (χ1) is 9.72. The standard InChI is InChI=1S/C16H25N3O/c1-12(2)8-17-9-13-4-3-7-18-16(13)19-10-14-5-6-15(11-19)20-14/h3-4,7,12,14-15,17H,5-6,8-11H2,1-2H3. The number of nitrogens with zero attached hydrogens (tertiary/aromatic N) is 2. The van der Waals surface area contributed by atoms with E-state index in [1.165, 1.54) is 18.4 Å². The molecule has 1 aromatic heterocycles. The predicted octanol–water partition coefficient (Wildman–Crippen LogP) is 2.19. The average molecular weight is 275 g/mol. The number of anilines is 1. The van der Waals surface area contributed by atoms with Crippen LogP contribution in [0, 0.1) is 5.92 Å². The molecule has 0 aliphatic carbocycles. The molecular formula is C16H25N3O. The second-order valence-electron chi connectivity index (χ2n) is 6.37. The first kappa shape index (κ1) is 13.8. The van der Waals surface area contributed by atoms with E-state index in [1.807, 2.05) is 12.3 Å². The molecule has 3 heterocycles. The molecule has 4 nitrogen and oxygen atoms in total. The summed E-state index contributed by atoms with van der Waals surface area (Å²) in [6.45, 7) is 8.39. The predicted molar refractivity (Wildman–Crippen MR) is 80.9 cm³/mol. The van der Waals surface area contributed by atoms with Crippen molar-refractivity contribution in [1.29, 1.82) is 0 Å². The number of fused-ring (bicyclic) bond motifs is 2. The molecule has 2 saturated heterocycles. The van der Waals surface area contributed by atoms with Crippen molar-refractivity contribution in [2.45, 2.75) is 45.4 Å². The number of nitrogens with one attached hydrogen (secondary N) is 1. The topological polar surface area (TPSA) is 37.4 Å². The van der Waals surface area contributed by atoms with Gasteiger partial charge in [-0.2, -0.15) is 0 Å². The van der Waals surface area contributed by atoms with Crippen LogP contribution in [0.3, 0.4) is 0 Å². The monoisotopic (exact) mass is 275 g/mol. The fourth-order valence-corrected chi connectivity index (χ4v) is 3.14. The van der Waals surface area contributed by atoms with E-state index in [4.69, 9.17) is 4.74 Å². The molecule has 0 spiro atoms. The SMILES string of the molecule is CC(C)CNCc1cccnc1N1CC2CCC(C1)O2. The van der Waals surface area contributed by atoms with Gasteiger partial charge >= 0.3 is 0 Å². The van der Waals surface area contributed by atoms with Gasteiger partial charge in [-0.3, -0.25) is 0 Å². The van der Waals surface area contributed by atoms with Crippen molar-refractivity contribution in [3.05, 3.63) is 23.9 Å². The van der Waals surface area contributed by atoms with Crippen LogP contribution in [-0.4, -0.2) is 36.8 Å². The van der Waals surface area contributed by atoms with Gasteiger partial charge in [-0.05, 0) is 31.4 Å². The van der Waals surface area contributed by atoms with Crippen LogP contribution >= 0.6 is 0 Å². The van der Waals surface area contributed by atoms with E-state index in [1.54, 1.807) is 0 Å². The number of ether oxygens (including phenoxy) is 1. The normalized spacial score (nSPS) is 25.4. The fourth-order valence-electron chi connectivity index (χ4n) is 3.14. The van der Waals surface area contributed by atoms with E-state index in [9.17, 15) is 0 Å². The molecule has 2 atom stereocenters. The van der Waals surface area contributed by atoms with Crippen molar-refractivity contribution in [3.8, 4) is 0 Å². The molecule has 2 unspecified atom stereocenters. The van der Waals surface area contributed by atoms with Crippen molar-refractivity contribution >= 4 is 5.82 Å². The first-order valence-corrected chi connectivity index (χ1v) is 7.77. The Balaban J connectivity index is 1.69. The van der Waals surface area contributed by atoms with Crippen molar-refractivity contribution in [2.75, 3.05) is 24.5 Å². The highest BCUT2D eigenvalue weighted by atomic mass is 16.5. The molecule has 20 heavy (non-hydrogen) atoms. The highest BCUT2D eigenvalue weighted by Gasteiger charge is 2.34. The van der Waals surface area contributed by atoms with E-state index < -0.39 is 0 Å². The van der Waals surface area contributed by atoms with Crippen molar-refractivity contribution in [1.82, 2.24) is 10.3 Å². The summed E-state index contributed by atoms with van der Waals surface area (Å²) in [7, 11) is 0. The van der Waals surface area contributed by atoms with Crippen LogP contribution in [0.25, 0.3) is 0 Å². The summed E-state index contributed by atoms with van der Waals surface area (Å²) < 4.78 is 5.92. The third-order valence-corrected chi connectivity index (χ3v) is 4.08. The van der Waals surface area contributed by atoms with Gasteiger partial charge in [0.05, 0.1) is 12.2 Å². The van der Waals surface area contributed by atoms with Gasteiger partial charge in [0.25, 0.3) is 0 Å². The molecule has 0 saturated carbocycles. The zero-order valence-corrected chi connectivity index (χ0v) is 12.5. The lowest BCUT2D eigenvalue weighted by atomic mass is 10.2. The minimum Gasteiger partial charge on any atom is -0.371 e. The van der Waals surface area contributed by atoms with Crippen LogP contribution < -0.4 is 10.2 Å². The Morgan fingerprint density at radius 3 is 2.80 bits per heavy atom. The molecule has 0 radical (unpaired) electrons. The summed E-state index contributed by atoms with van der Waals surface area (Å²) in [5.74, 6) is 1.82. The third kappa shape index (κ3) is 3.13. The minimum atomic E-state index is 0.409. The Morgan fingerprint density at radius 2 is 2.10 bits per heavy atom. The molecule has 0 amide bonds. The summed E-state index contributed by atoms with van der Waals surface area (Å²) in [5.41, 5.74) is 1.30. The Hall–Kier alpha value is -1.13. The molecular weight excluding hydrogens is 250 g/mol. The zero-order chi connectivity index (χ0) is 13.9. The number of hydrogen-bond donors (Lipinski definition) is 1. The van der Waals surface area contributed by atoms with Gasteiger partial charge in [-0.1, -0.05) is 19.9 Å². The molecule has 110 valence electrons. The lowest BCUT2D eigenvalue weighted by Crippen LogP contribution is -2.43. The smallest absolute Gasteiger partial charge is 0.133 e.